The van der Waals surface area contributed by atoms with E-state index in [0.717, 1.165) is 22.8 Å². The maximum Gasteiger partial charge on any atom is 0.210 e. The number of hydrogen-bond acceptors (Lipinski definition) is 3. The lowest BCUT2D eigenvalue weighted by Gasteiger charge is -2.32. The molecule has 0 bridgehead atoms. The van der Waals surface area contributed by atoms with Gasteiger partial charge in [0, 0.05) is 52.7 Å². The number of carbonyl (C=O) groups is 1. The Morgan fingerprint density at radius 1 is 0.727 bits per heavy atom. The maximum absolute atomic E-state index is 13.5. The van der Waals surface area contributed by atoms with Gasteiger partial charge in [-0.2, -0.15) is 4.58 Å². The third kappa shape index (κ3) is 4.34. The van der Waals surface area contributed by atoms with Crippen molar-refractivity contribution in [2.45, 2.75) is 66.2 Å². The number of allylic oxidation sites excluding steroid dienone is 5. The third-order valence-corrected chi connectivity index (χ3v) is 9.33. The van der Waals surface area contributed by atoms with Gasteiger partial charge in [0.2, 0.25) is 5.69 Å². The summed E-state index contributed by atoms with van der Waals surface area (Å²) in [5.41, 5.74) is 6.40. The molecule has 0 saturated carbocycles. The summed E-state index contributed by atoms with van der Waals surface area (Å²) in [7, 11) is 4.04. The van der Waals surface area contributed by atoms with Crippen LogP contribution < -0.4 is 10.0 Å². The maximum atomic E-state index is 13.5. The molecule has 2 heterocycles. The van der Waals surface area contributed by atoms with E-state index in [1.165, 1.54) is 32.7 Å². The fraction of sp³-hybridized carbons (Fsp3) is 0.300. The van der Waals surface area contributed by atoms with Crippen LogP contribution in [0.25, 0.3) is 21.5 Å². The first-order valence-corrected chi connectivity index (χ1v) is 15.8. The van der Waals surface area contributed by atoms with Crippen molar-refractivity contribution in [1.29, 1.82) is 0 Å². The van der Waals surface area contributed by atoms with Crippen LogP contribution in [-0.2, 0) is 15.6 Å². The predicted octanol–water partition coefficient (Wildman–Crippen LogP) is 8.49. The van der Waals surface area contributed by atoms with E-state index in [1.807, 2.05) is 53.9 Å². The van der Waals surface area contributed by atoms with Crippen LogP contribution in [0.2, 0.25) is 0 Å². The van der Waals surface area contributed by atoms with Crippen molar-refractivity contribution in [2.24, 2.45) is 0 Å². The smallest absolute Gasteiger partial charge is 0.210 e. The van der Waals surface area contributed by atoms with Gasteiger partial charge >= 0.3 is 0 Å². The molecule has 2 aliphatic heterocycles. The number of fused-ring (bicyclic) bond motifs is 6. The molecule has 1 aliphatic carbocycles. The standard InChI is InChI=1S/C36H32N2O2.2C2H6/c1-35(2)29(37(5)27-17-15-21-11-7-9-13-23(21)31(27)35)19-25-33(39)26(34(25)40)20-30-36(3,4)32-24-14-10-8-12-22(24)16-18-28(32)38(30)6;2*1-2/h7-20H,1-6H3;2*1-2H3. The van der Waals surface area contributed by atoms with E-state index >= 15 is 0 Å². The van der Waals surface area contributed by atoms with Crippen LogP contribution in [-0.4, -0.2) is 30.2 Å². The van der Waals surface area contributed by atoms with Crippen LogP contribution in [0.5, 0.6) is 0 Å². The fourth-order valence-electron chi connectivity index (χ4n) is 7.27. The van der Waals surface area contributed by atoms with Crippen LogP contribution >= 0.6 is 0 Å². The zero-order valence-electron chi connectivity index (χ0n) is 27.8. The molecule has 3 aliphatic rings. The average molecular weight is 585 g/mol. The van der Waals surface area contributed by atoms with Crippen molar-refractivity contribution in [3.05, 3.63) is 119 Å². The third-order valence-electron chi connectivity index (χ3n) is 9.33. The van der Waals surface area contributed by atoms with Gasteiger partial charge in [0.1, 0.15) is 7.05 Å². The molecule has 7 rings (SSSR count). The quantitative estimate of drug-likeness (QED) is 0.175. The molecule has 0 atom stereocenters. The molecule has 0 amide bonds. The zero-order chi connectivity index (χ0) is 32.1. The van der Waals surface area contributed by atoms with Crippen LogP contribution in [0.15, 0.2) is 108 Å². The molecule has 0 radical (unpaired) electrons. The number of likely N-dealkylation sites (N-methyl/N-ethyl adjacent to an activating group) is 1. The summed E-state index contributed by atoms with van der Waals surface area (Å²) in [6, 6.07) is 25.3. The largest absolute Gasteiger partial charge is 0.871 e. The lowest BCUT2D eigenvalue weighted by Crippen LogP contribution is -2.34. The van der Waals surface area contributed by atoms with E-state index in [4.69, 9.17) is 0 Å². The Morgan fingerprint density at radius 3 is 1.86 bits per heavy atom. The van der Waals surface area contributed by atoms with Gasteiger partial charge in [0.15, 0.2) is 11.5 Å². The molecule has 44 heavy (non-hydrogen) atoms. The molecule has 4 nitrogen and oxygen atoms in total. The van der Waals surface area contributed by atoms with Gasteiger partial charge in [-0.15, -0.1) is 0 Å². The van der Waals surface area contributed by atoms with E-state index in [2.05, 4.69) is 110 Å². The minimum Gasteiger partial charge on any atom is -0.871 e. The Bertz CT molecular complexity index is 1950. The van der Waals surface area contributed by atoms with Gasteiger partial charge in [0.05, 0.1) is 5.41 Å². The minimum atomic E-state index is -0.358. The van der Waals surface area contributed by atoms with E-state index in [0.29, 0.717) is 0 Å². The molecule has 0 fully saturated rings. The second kappa shape index (κ2) is 11.2. The first-order valence-electron chi connectivity index (χ1n) is 15.8. The van der Waals surface area contributed by atoms with Gasteiger partial charge in [0.25, 0.3) is 0 Å². The number of anilines is 1. The first kappa shape index (κ1) is 31.0. The zero-order valence-corrected chi connectivity index (χ0v) is 27.8. The molecular weight excluding hydrogens is 540 g/mol. The van der Waals surface area contributed by atoms with E-state index in [-0.39, 0.29) is 33.5 Å². The second-order valence-corrected chi connectivity index (χ2v) is 12.3. The molecule has 0 saturated heterocycles. The van der Waals surface area contributed by atoms with E-state index in [9.17, 15) is 9.90 Å². The van der Waals surface area contributed by atoms with Gasteiger partial charge in [-0.3, -0.25) is 4.79 Å². The van der Waals surface area contributed by atoms with Gasteiger partial charge in [-0.1, -0.05) is 102 Å². The SMILES string of the molecule is CC.CC.CN1C(=CC2=C([O-])/C(=C/C3=[N+](C)c4ccc5ccccc5c4C3(C)C)C2=O)C(C)(C)c2c1ccc1ccccc21. The highest BCUT2D eigenvalue weighted by molar-refractivity contribution is 6.24. The predicted molar refractivity (Wildman–Crippen MR) is 184 cm³/mol. The number of nitrogens with zero attached hydrogens (tertiary/aromatic N) is 2. The van der Waals surface area contributed by atoms with Crippen molar-refractivity contribution in [3.8, 4) is 0 Å². The summed E-state index contributed by atoms with van der Waals surface area (Å²) in [5.74, 6) is -0.361. The van der Waals surface area contributed by atoms with Crippen LogP contribution in [0.4, 0.5) is 11.4 Å². The summed E-state index contributed by atoms with van der Waals surface area (Å²) in [6.45, 7) is 16.7. The molecule has 0 unspecified atom stereocenters. The van der Waals surface area contributed by atoms with E-state index in [1.54, 1.807) is 0 Å². The molecule has 4 aromatic rings. The molecule has 0 N–H and O–H groups in total. The molecular formula is C40H44N2O2. The van der Waals surface area contributed by atoms with Gasteiger partial charge in [-0.05, 0) is 59.2 Å². The highest BCUT2D eigenvalue weighted by atomic mass is 16.3. The number of hydrogen-bond donors (Lipinski definition) is 0. The first-order chi connectivity index (χ1) is 21.0. The topological polar surface area (TPSA) is 46.4 Å². The van der Waals surface area contributed by atoms with Crippen molar-refractivity contribution >= 4 is 44.4 Å². The highest BCUT2D eigenvalue weighted by Crippen LogP contribution is 2.51. The number of Topliss-reactive ketones (excluding diaryl/α,β-unsaturated/α-hetero) is 1. The van der Waals surface area contributed by atoms with Gasteiger partial charge < -0.3 is 10.0 Å². The van der Waals surface area contributed by atoms with Crippen LogP contribution in [0.3, 0.4) is 0 Å². The molecule has 0 spiro atoms. The molecule has 4 aromatic carbocycles. The number of carbonyl (C=O) groups excluding carboxylic acids is 1. The number of ketones is 1. The average Bonchev–Trinajstić information content (AvgIpc) is 3.37. The monoisotopic (exact) mass is 584 g/mol. The Labute approximate surface area is 262 Å². The molecule has 0 aromatic heterocycles. The van der Waals surface area contributed by atoms with Crippen molar-refractivity contribution in [1.82, 2.24) is 0 Å². The lowest BCUT2D eigenvalue weighted by molar-refractivity contribution is -0.401. The van der Waals surface area contributed by atoms with Crippen molar-refractivity contribution in [3.63, 3.8) is 0 Å². The van der Waals surface area contributed by atoms with E-state index < -0.39 is 0 Å². The summed E-state index contributed by atoms with van der Waals surface area (Å²) < 4.78 is 2.13. The Kier molecular flexibility index (Phi) is 7.92. The summed E-state index contributed by atoms with van der Waals surface area (Å²) in [6.07, 6.45) is 3.65. The summed E-state index contributed by atoms with van der Waals surface area (Å²) in [5, 5.41) is 18.3. The second-order valence-electron chi connectivity index (χ2n) is 12.3. The Balaban J connectivity index is 0.000000924. The fourth-order valence-corrected chi connectivity index (χ4v) is 7.27. The minimum absolute atomic E-state index is 0.181. The Hall–Kier alpha value is -4.44. The van der Waals surface area contributed by atoms with Crippen molar-refractivity contribution in [2.75, 3.05) is 19.0 Å². The highest BCUT2D eigenvalue weighted by Gasteiger charge is 2.46. The molecule has 4 heteroatoms. The van der Waals surface area contributed by atoms with Gasteiger partial charge in [-0.25, -0.2) is 0 Å². The lowest BCUT2D eigenvalue weighted by atomic mass is 9.76. The van der Waals surface area contributed by atoms with Crippen LogP contribution in [0, 0.1) is 0 Å². The normalized spacial score (nSPS) is 19.5. The number of rotatable bonds is 2. The summed E-state index contributed by atoms with van der Waals surface area (Å²) in [4.78, 5) is 15.7. The number of benzene rings is 4. The Morgan fingerprint density at radius 2 is 1.27 bits per heavy atom. The van der Waals surface area contributed by atoms with Crippen molar-refractivity contribution < 1.29 is 14.5 Å². The molecule has 226 valence electrons. The van der Waals surface area contributed by atoms with Crippen LogP contribution in [0.1, 0.15) is 66.5 Å². The summed E-state index contributed by atoms with van der Waals surface area (Å²) >= 11 is 0.